The van der Waals surface area contributed by atoms with Crippen LogP contribution in [-0.4, -0.2) is 273 Å². The summed E-state index contributed by atoms with van der Waals surface area (Å²) in [5.74, 6) is -4.45. The average Bonchev–Trinajstić information content (AvgIpc) is 1.54. The molecule has 8 saturated carbocycles. The van der Waals surface area contributed by atoms with Gasteiger partial charge in [0.15, 0.2) is 18.3 Å². The molecular weight excluding hydrogens is 1910 g/mol. The standard InChI is InChI=1S/C28H49N5O5.C28H48N4O6.C23H40N4O4.C20H34N2O5.C7H15N3O2.ClH/c1-25(2,3)20(31-24(38)32-26(4,5)6)23(37)33-15-28(14-27(28,7)8)13-18(33)22(36)30-17(19(34)21(29)35)12-16-10-9-11-16;1-25(2,3)20(31-24(37)38-26(4,5)6)23(36)32-15-28(14-27(28,7)8)13-18(32)22(35)30-17(19(33)21(29)34)12-16-10-9-11-16;1-21(2,3)17(24)20(31)27-12-23(11-22(23,4)5)10-15(27)19(30)26-14(16(28)18(25)29)9-13-7-6-8-13;1-17(2,3)13(21-16(26)27-18(4,5)6)14(23)22-11-20(10-19(20,7)8)9-12(22)15(24)25;8-6(10(12)7(9)11)4-5-2-1-3-5;/h16-20,34H,9-15H2,1-8H3,(H2,29,35)(H,30,36)(H2,31,32,38);16-20,33H,9-15H2,1-8H3,(H2,29,34)(H,30,35)(H,31,37);13-17,28H,6-12,24H2,1-5H3,(H2,25,29)(H,26,30);12-13H,9-11H2,1-8H3,(H,21,26)(H,24,25);5-6,12H,1-4,8H2,(H2,9,11);1H/t2*17?,18-,19?,20+,28?;14?,15-,16?,17+,23?;12-,13+,20?;;/m0000../s1. The van der Waals surface area contributed by atoms with Gasteiger partial charge in [-0.05, 0) is 228 Å². The van der Waals surface area contributed by atoms with Crippen LogP contribution in [0.5, 0.6) is 0 Å². The van der Waals surface area contributed by atoms with Crippen molar-refractivity contribution in [2.45, 2.75) is 463 Å². The highest BCUT2D eigenvalue weighted by Gasteiger charge is 2.72. The van der Waals surface area contributed by atoms with E-state index in [1.54, 1.807) is 56.2 Å². The summed E-state index contributed by atoms with van der Waals surface area (Å²) >= 11 is 0. The molecule has 19 atom stereocenters. The molecule has 840 valence electrons. The van der Waals surface area contributed by atoms with Crippen LogP contribution >= 0.6 is 12.4 Å². The molecule has 12 rings (SSSR count). The number of alkyl carbamates (subject to hydrolysis) is 2. The van der Waals surface area contributed by atoms with Gasteiger partial charge >= 0.3 is 30.2 Å². The van der Waals surface area contributed by atoms with Gasteiger partial charge in [0.2, 0.25) is 59.1 Å². The Hall–Kier alpha value is -8.70. The fourth-order valence-corrected chi connectivity index (χ4v) is 22.6. The maximum Gasteiger partial charge on any atom is 0.408 e. The van der Waals surface area contributed by atoms with Gasteiger partial charge in [-0.1, -0.05) is 216 Å². The maximum absolute atomic E-state index is 14.1. The van der Waals surface area contributed by atoms with Crippen molar-refractivity contribution in [2.75, 3.05) is 26.2 Å². The second-order valence-corrected chi connectivity index (χ2v) is 55.1. The van der Waals surface area contributed by atoms with Gasteiger partial charge in [-0.15, -0.1) is 12.4 Å². The molecule has 8 aliphatic carbocycles. The number of ether oxygens (including phenoxy) is 2. The van der Waals surface area contributed by atoms with Crippen molar-refractivity contribution in [3.63, 3.8) is 0 Å². The highest BCUT2D eigenvalue weighted by molar-refractivity contribution is 5.96. The van der Waals surface area contributed by atoms with Crippen molar-refractivity contribution in [3.05, 3.63) is 0 Å². The van der Waals surface area contributed by atoms with E-state index in [9.17, 15) is 92.3 Å². The number of nitrogens with zero attached hydrogens (tertiary/aromatic N) is 5. The number of primary amides is 4. The topological polar surface area (TPSA) is 632 Å². The molecule has 0 aromatic carbocycles. The van der Waals surface area contributed by atoms with E-state index in [1.807, 2.05) is 104 Å². The van der Waals surface area contributed by atoms with E-state index >= 15 is 0 Å². The van der Waals surface area contributed by atoms with Crippen LogP contribution in [0.1, 0.15) is 355 Å². The number of aliphatic carboxylic acids is 1. The summed E-state index contributed by atoms with van der Waals surface area (Å²) in [5.41, 5.74) is 27.9. The van der Waals surface area contributed by atoms with Crippen molar-refractivity contribution in [1.29, 1.82) is 0 Å². The quantitative estimate of drug-likeness (QED) is 0.0188. The van der Waals surface area contributed by atoms with Crippen molar-refractivity contribution in [3.8, 4) is 0 Å². The minimum Gasteiger partial charge on any atom is -0.480 e. The van der Waals surface area contributed by atoms with Gasteiger partial charge in [-0.2, -0.15) is 5.06 Å². The van der Waals surface area contributed by atoms with Crippen LogP contribution in [0.4, 0.5) is 19.2 Å². The van der Waals surface area contributed by atoms with Gasteiger partial charge in [-0.25, -0.2) is 24.0 Å². The lowest BCUT2D eigenvalue weighted by molar-refractivity contribution is -0.150. The molecule has 16 amide bonds. The number of carboxylic acids is 1. The lowest BCUT2D eigenvalue weighted by Gasteiger charge is -2.37. The molecule has 40 nitrogen and oxygen atoms in total. The number of hydrogen-bond acceptors (Lipinski definition) is 23. The fraction of sp³-hybridized carbons (Fsp3) is 0.858. The van der Waals surface area contributed by atoms with Crippen LogP contribution in [-0.2, 0) is 62.2 Å². The zero-order valence-corrected chi connectivity index (χ0v) is 94.4. The van der Waals surface area contributed by atoms with Crippen LogP contribution in [0.15, 0.2) is 0 Å². The van der Waals surface area contributed by atoms with E-state index in [0.717, 1.165) is 96.3 Å². The number of carbonyl (C=O) groups excluding carboxylic acids is 14. The fourth-order valence-electron chi connectivity index (χ4n) is 22.6. The minimum absolute atomic E-state index is 0. The summed E-state index contributed by atoms with van der Waals surface area (Å²) in [6.45, 7) is 57.4. The molecule has 4 saturated heterocycles. The Bertz CT molecular complexity index is 4590. The second kappa shape index (κ2) is 46.1. The number of hydroxylamine groups is 2. The van der Waals surface area contributed by atoms with Crippen molar-refractivity contribution in [1.82, 2.24) is 61.9 Å². The van der Waals surface area contributed by atoms with E-state index in [4.69, 9.17) is 49.1 Å². The monoisotopic (exact) mass is 2100 g/mol. The van der Waals surface area contributed by atoms with E-state index < -0.39 is 189 Å². The first-order valence-corrected chi connectivity index (χ1v) is 53.0. The molecule has 41 heteroatoms. The first-order valence-electron chi connectivity index (χ1n) is 53.0. The lowest BCUT2D eigenvalue weighted by atomic mass is 9.79. The molecule has 12 aliphatic rings. The van der Waals surface area contributed by atoms with Crippen molar-refractivity contribution in [2.24, 2.45) is 123 Å². The summed E-state index contributed by atoms with van der Waals surface area (Å²) in [5, 5.41) is 70.1. The van der Waals surface area contributed by atoms with Crippen LogP contribution in [0.25, 0.3) is 0 Å². The molecule has 4 aliphatic heterocycles. The van der Waals surface area contributed by atoms with E-state index in [-0.39, 0.29) is 85.3 Å². The number of urea groups is 2. The first kappa shape index (κ1) is 125. The normalized spacial score (nSPS) is 27.2. The molecule has 0 aromatic rings. The number of nitrogens with one attached hydrogen (secondary N) is 7. The number of hydrogen-bond donors (Lipinski definition) is 18. The molecule has 147 heavy (non-hydrogen) atoms. The number of likely N-dealkylation sites (tertiary alicyclic amines) is 4. The molecule has 4 spiro atoms. The Kier molecular flexibility index (Phi) is 39.2. The van der Waals surface area contributed by atoms with Crippen molar-refractivity contribution >= 4 is 102 Å². The molecule has 4 heterocycles. The summed E-state index contributed by atoms with van der Waals surface area (Å²) in [6.07, 6.45) is 14.0. The van der Waals surface area contributed by atoms with Gasteiger partial charge in [0.05, 0.1) is 24.2 Å². The lowest BCUT2D eigenvalue weighted by Crippen LogP contribution is -2.61. The second-order valence-electron chi connectivity index (χ2n) is 55.1. The summed E-state index contributed by atoms with van der Waals surface area (Å²) < 4.78 is 10.7. The molecule has 24 N–H and O–H groups in total. The number of carbonyl (C=O) groups is 15. The van der Waals surface area contributed by atoms with E-state index in [1.165, 1.54) is 11.3 Å². The zero-order valence-electron chi connectivity index (χ0n) is 93.6. The minimum atomic E-state index is -1.51. The Balaban J connectivity index is 0.000000256. The highest BCUT2D eigenvalue weighted by atomic mass is 35.5. The van der Waals surface area contributed by atoms with Gasteiger partial charge in [-0.3, -0.25) is 53.2 Å². The predicted octanol–water partition coefficient (Wildman–Crippen LogP) is 9.08. The van der Waals surface area contributed by atoms with Crippen LogP contribution < -0.4 is 71.6 Å². The molecular formula is C106H187ClN18O22. The number of carboxylic acid groups (broad SMARTS) is 1. The first-order chi connectivity index (χ1) is 66.3. The molecule has 11 unspecified atom stereocenters. The van der Waals surface area contributed by atoms with Crippen LogP contribution in [0.2, 0.25) is 0 Å². The summed E-state index contributed by atoms with van der Waals surface area (Å²) in [7, 11) is 0. The van der Waals surface area contributed by atoms with Crippen LogP contribution in [0.3, 0.4) is 0 Å². The van der Waals surface area contributed by atoms with Gasteiger partial charge in [0.1, 0.15) is 59.7 Å². The third-order valence-electron chi connectivity index (χ3n) is 33.8. The summed E-state index contributed by atoms with van der Waals surface area (Å²) in [6, 6.07) is -10.2. The van der Waals surface area contributed by atoms with Crippen LogP contribution in [0, 0.1) is 88.7 Å². The SMILES string of the molecule is CC(C)(C)NC(=O)N[C@H](C(=O)N1CC2(C[C@H]1C(=O)NC(CC1CCC1)C(O)C(N)=O)CC2(C)C)C(C)(C)C.CC(C)(C)OC(=O)N[C@H](C(=O)N1CC2(C[C@H]1C(=O)NC(CC1CCC1)C(O)C(N)=O)CC2(C)C)C(C)(C)C.CC(C)(C)OC(=O)N[C@H](C(=O)N1CC2(C[C@H]1C(=O)O)CC2(C)C)C(C)(C)C.CC(C)(C)[C@H](N)C(=O)N1CC2(C[C@H]1C(=O)NC(CC1CCC1)C(O)C(N)=O)CC2(C)C.Cl.NC(=O)N(O)C(N)CC1CCC1. The Morgan fingerprint density at radius 1 is 0.367 bits per heavy atom. The molecule has 0 bridgehead atoms. The van der Waals surface area contributed by atoms with E-state index in [2.05, 4.69) is 92.6 Å². The Morgan fingerprint density at radius 3 is 0.810 bits per heavy atom. The number of rotatable bonds is 29. The van der Waals surface area contributed by atoms with E-state index in [0.29, 0.717) is 106 Å². The molecule has 0 aromatic heterocycles. The number of nitrogens with two attached hydrogens (primary N) is 6. The Morgan fingerprint density at radius 2 is 0.605 bits per heavy atom. The third-order valence-corrected chi connectivity index (χ3v) is 33.8. The predicted molar refractivity (Wildman–Crippen MR) is 556 cm³/mol. The average molecular weight is 2100 g/mol. The summed E-state index contributed by atoms with van der Waals surface area (Å²) in [4.78, 5) is 197. The number of aliphatic hydroxyl groups is 3. The van der Waals surface area contributed by atoms with Gasteiger partial charge in [0, 0.05) is 31.7 Å². The third kappa shape index (κ3) is 31.5. The maximum atomic E-state index is 14.1. The molecule has 12 fully saturated rings. The number of amides is 16. The van der Waals surface area contributed by atoms with Crippen molar-refractivity contribution < 1.29 is 107 Å². The smallest absolute Gasteiger partial charge is 0.408 e. The number of aliphatic hydroxyl groups excluding tert-OH is 3. The number of halogens is 1. The molecule has 0 radical (unpaired) electrons. The highest BCUT2D eigenvalue weighted by Crippen LogP contribution is 2.72. The zero-order chi connectivity index (χ0) is 111. The largest absolute Gasteiger partial charge is 0.480 e. The Labute approximate surface area is 877 Å². The van der Waals surface area contributed by atoms with Gasteiger partial charge in [0.25, 0.3) is 0 Å². The van der Waals surface area contributed by atoms with Gasteiger partial charge < -0.3 is 121 Å².